The predicted molar refractivity (Wildman–Crippen MR) is 117 cm³/mol. The Hall–Kier alpha value is -3.99. The molecule has 0 saturated heterocycles. The molecule has 0 aliphatic heterocycles. The molecule has 0 saturated carbocycles. The van der Waals surface area contributed by atoms with Crippen molar-refractivity contribution in [2.45, 2.75) is 20.0 Å². The number of ketones is 1. The number of Topliss-reactive ketones (excluding diaryl/α,β-unsaturated/α-hetero) is 1. The van der Waals surface area contributed by atoms with Crippen LogP contribution in [0.1, 0.15) is 43.7 Å². The fourth-order valence-corrected chi connectivity index (χ4v) is 3.25. The van der Waals surface area contributed by atoms with E-state index < -0.39 is 12.1 Å². The normalized spacial score (nSPS) is 11.8. The summed E-state index contributed by atoms with van der Waals surface area (Å²) >= 11 is 0. The lowest BCUT2D eigenvalue weighted by molar-refractivity contribution is 0.0251. The highest BCUT2D eigenvalue weighted by atomic mass is 16.6. The molecule has 0 spiro atoms. The highest BCUT2D eigenvalue weighted by Gasteiger charge is 2.28. The fraction of sp³-hybridized carbons (Fsp3) is 0.115. The number of fused-ring (bicyclic) bond motifs is 1. The van der Waals surface area contributed by atoms with Crippen molar-refractivity contribution in [1.29, 1.82) is 0 Å². The molecule has 0 amide bonds. The number of benzene rings is 3. The van der Waals surface area contributed by atoms with Gasteiger partial charge in [-0.1, -0.05) is 71.8 Å². The number of esters is 1. The van der Waals surface area contributed by atoms with Crippen LogP contribution in [0.2, 0.25) is 0 Å². The third kappa shape index (κ3) is 4.31. The summed E-state index contributed by atoms with van der Waals surface area (Å²) in [6.45, 7) is 3.85. The van der Waals surface area contributed by atoms with Crippen LogP contribution in [0, 0.1) is 13.8 Å². The van der Waals surface area contributed by atoms with E-state index in [1.807, 2.05) is 38.1 Å². The van der Waals surface area contributed by atoms with Gasteiger partial charge >= 0.3 is 5.97 Å². The van der Waals surface area contributed by atoms with Crippen LogP contribution in [0.15, 0.2) is 88.1 Å². The van der Waals surface area contributed by atoms with Crippen molar-refractivity contribution >= 4 is 22.7 Å². The number of rotatable bonds is 5. The lowest BCUT2D eigenvalue weighted by Gasteiger charge is -2.17. The summed E-state index contributed by atoms with van der Waals surface area (Å²) in [5.41, 5.74) is 2.90. The molecule has 0 aliphatic rings. The summed E-state index contributed by atoms with van der Waals surface area (Å²) in [6, 6.07) is 21.9. The average Bonchev–Trinajstić information content (AvgIpc) is 2.78. The van der Waals surface area contributed by atoms with Gasteiger partial charge in [-0.25, -0.2) is 4.79 Å². The molecular formula is C26H20O5. The molecule has 0 fully saturated rings. The van der Waals surface area contributed by atoms with E-state index in [0.29, 0.717) is 16.5 Å². The molecule has 3 aromatic carbocycles. The maximum Gasteiger partial charge on any atom is 0.375 e. The van der Waals surface area contributed by atoms with Crippen molar-refractivity contribution in [1.82, 2.24) is 0 Å². The van der Waals surface area contributed by atoms with Crippen LogP contribution < -0.4 is 5.43 Å². The first-order chi connectivity index (χ1) is 14.9. The molecule has 31 heavy (non-hydrogen) atoms. The highest BCUT2D eigenvalue weighted by Crippen LogP contribution is 2.25. The second-order valence-corrected chi connectivity index (χ2v) is 7.40. The second-order valence-electron chi connectivity index (χ2n) is 7.40. The monoisotopic (exact) mass is 412 g/mol. The van der Waals surface area contributed by atoms with E-state index in [2.05, 4.69) is 0 Å². The van der Waals surface area contributed by atoms with Crippen LogP contribution in [0.3, 0.4) is 0 Å². The Balaban J connectivity index is 1.71. The van der Waals surface area contributed by atoms with Crippen LogP contribution in [-0.2, 0) is 4.74 Å². The maximum atomic E-state index is 13.2. The van der Waals surface area contributed by atoms with Gasteiger partial charge in [-0.05, 0) is 26.0 Å². The number of ether oxygens (including phenoxy) is 1. The van der Waals surface area contributed by atoms with Gasteiger partial charge in [-0.15, -0.1) is 0 Å². The predicted octanol–water partition coefficient (Wildman–Crippen LogP) is 5.19. The van der Waals surface area contributed by atoms with Crippen molar-refractivity contribution in [3.05, 3.63) is 117 Å². The molecule has 1 atom stereocenters. The Bertz CT molecular complexity index is 1310. The van der Waals surface area contributed by atoms with Crippen LogP contribution in [0.4, 0.5) is 0 Å². The molecular weight excluding hydrogens is 392 g/mol. The first-order valence-corrected chi connectivity index (χ1v) is 9.84. The summed E-state index contributed by atoms with van der Waals surface area (Å²) in [7, 11) is 0. The minimum atomic E-state index is -1.17. The van der Waals surface area contributed by atoms with E-state index in [1.54, 1.807) is 48.5 Å². The molecule has 0 bridgehead atoms. The molecule has 1 aromatic heterocycles. The van der Waals surface area contributed by atoms with Gasteiger partial charge in [0.1, 0.15) is 5.58 Å². The van der Waals surface area contributed by atoms with Crippen molar-refractivity contribution in [3.8, 4) is 0 Å². The zero-order valence-corrected chi connectivity index (χ0v) is 17.1. The first kappa shape index (κ1) is 20.3. The van der Waals surface area contributed by atoms with Crippen molar-refractivity contribution < 1.29 is 18.7 Å². The summed E-state index contributed by atoms with van der Waals surface area (Å²) in [6.07, 6.45) is -1.17. The van der Waals surface area contributed by atoms with Crippen molar-refractivity contribution in [3.63, 3.8) is 0 Å². The largest absolute Gasteiger partial charge is 0.449 e. The summed E-state index contributed by atoms with van der Waals surface area (Å²) in [5, 5.41) is 0.366. The SMILES string of the molecule is Cc1ccc(C(=O)C(OC(=O)c2cc(=O)c3ccccc3o2)c2ccc(C)cc2)cc1. The Morgan fingerprint density at radius 1 is 0.839 bits per heavy atom. The molecule has 1 unspecified atom stereocenters. The number of para-hydroxylation sites is 1. The second kappa shape index (κ2) is 8.40. The Labute approximate surface area is 178 Å². The minimum Gasteiger partial charge on any atom is -0.449 e. The van der Waals surface area contributed by atoms with Gasteiger partial charge in [0.05, 0.1) is 5.39 Å². The van der Waals surface area contributed by atoms with Gasteiger partial charge in [-0.3, -0.25) is 9.59 Å². The number of aryl methyl sites for hydroxylation is 2. The summed E-state index contributed by atoms with van der Waals surface area (Å²) < 4.78 is 11.2. The summed E-state index contributed by atoms with van der Waals surface area (Å²) in [4.78, 5) is 38.4. The molecule has 0 N–H and O–H groups in total. The zero-order chi connectivity index (χ0) is 22.0. The van der Waals surface area contributed by atoms with Gasteiger partial charge in [0.25, 0.3) is 0 Å². The molecule has 0 radical (unpaired) electrons. The van der Waals surface area contributed by atoms with E-state index in [-0.39, 0.29) is 22.6 Å². The standard InChI is InChI=1S/C26H20O5/c1-16-7-11-18(12-8-16)24(28)25(19-13-9-17(2)10-14-19)31-26(29)23-15-21(27)20-5-3-4-6-22(20)30-23/h3-15,25H,1-2H3. The number of carbonyl (C=O) groups excluding carboxylic acids is 2. The molecule has 1 heterocycles. The zero-order valence-electron chi connectivity index (χ0n) is 17.1. The van der Waals surface area contributed by atoms with Crippen LogP contribution >= 0.6 is 0 Å². The topological polar surface area (TPSA) is 73.6 Å². The molecule has 5 heteroatoms. The highest BCUT2D eigenvalue weighted by molar-refractivity contribution is 6.02. The van der Waals surface area contributed by atoms with Gasteiger partial charge in [0.15, 0.2) is 11.5 Å². The maximum absolute atomic E-state index is 13.2. The van der Waals surface area contributed by atoms with Crippen molar-refractivity contribution in [2.75, 3.05) is 0 Å². The lowest BCUT2D eigenvalue weighted by atomic mass is 9.98. The van der Waals surface area contributed by atoms with E-state index in [0.717, 1.165) is 17.2 Å². The van der Waals surface area contributed by atoms with Crippen LogP contribution in [0.5, 0.6) is 0 Å². The van der Waals surface area contributed by atoms with Gasteiger partial charge in [-0.2, -0.15) is 0 Å². The molecule has 154 valence electrons. The smallest absolute Gasteiger partial charge is 0.375 e. The fourth-order valence-electron chi connectivity index (χ4n) is 3.25. The molecule has 4 aromatic rings. The Kier molecular flexibility index (Phi) is 5.50. The molecule has 0 aliphatic carbocycles. The van der Waals surface area contributed by atoms with E-state index in [1.165, 1.54) is 0 Å². The van der Waals surface area contributed by atoms with Crippen LogP contribution in [-0.4, -0.2) is 11.8 Å². The number of carbonyl (C=O) groups is 2. The van der Waals surface area contributed by atoms with Gasteiger partial charge < -0.3 is 9.15 Å². The van der Waals surface area contributed by atoms with E-state index in [4.69, 9.17) is 9.15 Å². The van der Waals surface area contributed by atoms with Crippen molar-refractivity contribution in [2.24, 2.45) is 0 Å². The molecule has 5 nitrogen and oxygen atoms in total. The number of hydrogen-bond acceptors (Lipinski definition) is 5. The van der Waals surface area contributed by atoms with Gasteiger partial charge in [0.2, 0.25) is 11.5 Å². The molecule has 4 rings (SSSR count). The minimum absolute atomic E-state index is 0.252. The average molecular weight is 412 g/mol. The number of hydrogen-bond donors (Lipinski definition) is 0. The third-order valence-corrected chi connectivity index (χ3v) is 5.02. The van der Waals surface area contributed by atoms with Crippen LogP contribution in [0.25, 0.3) is 11.0 Å². The van der Waals surface area contributed by atoms with E-state index >= 15 is 0 Å². The first-order valence-electron chi connectivity index (χ1n) is 9.84. The van der Waals surface area contributed by atoms with E-state index in [9.17, 15) is 14.4 Å². The summed E-state index contributed by atoms with van der Waals surface area (Å²) in [5.74, 6) is -1.49. The Morgan fingerprint density at radius 3 is 2.13 bits per heavy atom. The Morgan fingerprint density at radius 2 is 1.45 bits per heavy atom. The lowest BCUT2D eigenvalue weighted by Crippen LogP contribution is -2.21. The third-order valence-electron chi connectivity index (χ3n) is 5.02. The quantitative estimate of drug-likeness (QED) is 0.333. The van der Waals surface area contributed by atoms with Gasteiger partial charge in [0, 0.05) is 17.2 Å².